The van der Waals surface area contributed by atoms with Gasteiger partial charge >= 0.3 is 0 Å². The highest BCUT2D eigenvalue weighted by Gasteiger charge is 2.24. The van der Waals surface area contributed by atoms with E-state index in [1.54, 1.807) is 6.92 Å². The largest absolute Gasteiger partial charge is 0.380 e. The van der Waals surface area contributed by atoms with Gasteiger partial charge in [-0.1, -0.05) is 36.4 Å². The molecular weight excluding hydrogens is 172 g/mol. The van der Waals surface area contributed by atoms with Crippen molar-refractivity contribution in [3.63, 3.8) is 0 Å². The topological polar surface area (TPSA) is 20.2 Å². The Balaban J connectivity index is 3.16. The normalized spacial score (nSPS) is 14.3. The summed E-state index contributed by atoms with van der Waals surface area (Å²) in [7, 11) is 0. The first-order valence-electron chi connectivity index (χ1n) is 4.65. The maximum Gasteiger partial charge on any atom is 0.115 e. The third-order valence-electron chi connectivity index (χ3n) is 2.61. The Morgan fingerprint density at radius 3 is 2.29 bits per heavy atom. The third-order valence-corrected chi connectivity index (χ3v) is 2.61. The third kappa shape index (κ3) is 1.95. The molecule has 0 aromatic heterocycles. The zero-order valence-electron chi connectivity index (χ0n) is 8.96. The summed E-state index contributed by atoms with van der Waals surface area (Å²) in [5.74, 6) is 0. The Morgan fingerprint density at radius 1 is 1.36 bits per heavy atom. The molecule has 0 amide bonds. The van der Waals surface area contributed by atoms with Crippen molar-refractivity contribution in [1.29, 1.82) is 0 Å². The van der Waals surface area contributed by atoms with Crippen molar-refractivity contribution in [2.75, 3.05) is 0 Å². The molecule has 74 valence electrons. The van der Waals surface area contributed by atoms with Gasteiger partial charge in [-0.15, -0.1) is 5.73 Å². The average Bonchev–Trinajstić information content (AvgIpc) is 2.17. The molecule has 0 fully saturated rings. The van der Waals surface area contributed by atoms with Crippen LogP contribution in [-0.4, -0.2) is 5.11 Å². The molecule has 0 aliphatic heterocycles. The molecule has 1 heteroatoms. The number of hydrogen-bond acceptors (Lipinski definition) is 1. The van der Waals surface area contributed by atoms with E-state index in [0.29, 0.717) is 0 Å². The Labute approximate surface area is 85.4 Å². The van der Waals surface area contributed by atoms with E-state index < -0.39 is 5.60 Å². The maximum absolute atomic E-state index is 10.2. The van der Waals surface area contributed by atoms with Gasteiger partial charge in [-0.2, -0.15) is 0 Å². The molecule has 1 N–H and O–H groups in total. The van der Waals surface area contributed by atoms with E-state index in [0.717, 1.165) is 11.1 Å². The molecule has 0 bridgehead atoms. The van der Waals surface area contributed by atoms with Crippen LogP contribution in [0.5, 0.6) is 0 Å². The summed E-state index contributed by atoms with van der Waals surface area (Å²) in [6, 6.07) is 7.83. The van der Waals surface area contributed by atoms with Crippen molar-refractivity contribution >= 4 is 0 Å². The van der Waals surface area contributed by atoms with Gasteiger partial charge in [0.05, 0.1) is 0 Å². The highest BCUT2D eigenvalue weighted by atomic mass is 16.3. The minimum absolute atomic E-state index is 0.737. The van der Waals surface area contributed by atoms with Gasteiger partial charge in [0, 0.05) is 5.57 Å². The molecule has 0 heterocycles. The lowest BCUT2D eigenvalue weighted by Crippen LogP contribution is -2.22. The van der Waals surface area contributed by atoms with Crippen LogP contribution < -0.4 is 0 Å². The quantitative estimate of drug-likeness (QED) is 0.707. The Morgan fingerprint density at radius 2 is 1.86 bits per heavy atom. The molecular formula is C13H16O. The standard InChI is InChI=1S/C13H16O/c1-5-11(3)13(4,14)12-8-6-10(2)7-9-12/h6-9,14H,1H2,2-4H3. The fourth-order valence-corrected chi connectivity index (χ4v) is 1.27. The molecule has 0 aliphatic carbocycles. The highest BCUT2D eigenvalue weighted by Crippen LogP contribution is 2.27. The smallest absolute Gasteiger partial charge is 0.115 e. The number of aliphatic hydroxyl groups is 1. The molecule has 14 heavy (non-hydrogen) atoms. The van der Waals surface area contributed by atoms with Crippen LogP contribution in [0, 0.1) is 6.92 Å². The van der Waals surface area contributed by atoms with Gasteiger partial charge in [-0.25, -0.2) is 0 Å². The molecule has 1 unspecified atom stereocenters. The lowest BCUT2D eigenvalue weighted by molar-refractivity contribution is 0.0978. The molecule has 1 nitrogen and oxygen atoms in total. The fraction of sp³-hybridized carbons (Fsp3) is 0.308. The van der Waals surface area contributed by atoms with Crippen molar-refractivity contribution in [2.24, 2.45) is 0 Å². The van der Waals surface area contributed by atoms with Crippen LogP contribution in [-0.2, 0) is 5.60 Å². The van der Waals surface area contributed by atoms with Gasteiger partial charge in [-0.3, -0.25) is 0 Å². The summed E-state index contributed by atoms with van der Waals surface area (Å²) in [5, 5.41) is 10.2. The second kappa shape index (κ2) is 3.83. The van der Waals surface area contributed by atoms with E-state index in [2.05, 4.69) is 12.3 Å². The molecule has 1 atom stereocenters. The van der Waals surface area contributed by atoms with Crippen LogP contribution in [0.3, 0.4) is 0 Å². The van der Waals surface area contributed by atoms with E-state index in [-0.39, 0.29) is 0 Å². The number of hydrogen-bond donors (Lipinski definition) is 1. The number of benzene rings is 1. The second-order valence-corrected chi connectivity index (χ2v) is 3.74. The molecule has 1 aromatic rings. The number of rotatable bonds is 2. The van der Waals surface area contributed by atoms with Crippen molar-refractivity contribution < 1.29 is 5.11 Å². The number of aryl methyl sites for hydroxylation is 1. The van der Waals surface area contributed by atoms with Gasteiger partial charge in [0.25, 0.3) is 0 Å². The molecule has 0 aliphatic rings. The molecule has 0 radical (unpaired) electrons. The first kappa shape index (κ1) is 10.8. The lowest BCUT2D eigenvalue weighted by Gasteiger charge is -2.23. The van der Waals surface area contributed by atoms with Gasteiger partial charge < -0.3 is 5.11 Å². The Kier molecular flexibility index (Phi) is 2.95. The van der Waals surface area contributed by atoms with Gasteiger partial charge in [0.2, 0.25) is 0 Å². The summed E-state index contributed by atoms with van der Waals surface area (Å²) in [6.07, 6.45) is 0. The molecule has 0 saturated heterocycles. The molecule has 0 spiro atoms. The molecule has 0 saturated carbocycles. The minimum Gasteiger partial charge on any atom is -0.380 e. The lowest BCUT2D eigenvalue weighted by atomic mass is 9.89. The summed E-state index contributed by atoms with van der Waals surface area (Å²) in [4.78, 5) is 0. The van der Waals surface area contributed by atoms with E-state index >= 15 is 0 Å². The van der Waals surface area contributed by atoms with Crippen LogP contribution >= 0.6 is 0 Å². The Hall–Kier alpha value is -1.30. The predicted octanol–water partition coefficient (Wildman–Crippen LogP) is 2.93. The van der Waals surface area contributed by atoms with Crippen LogP contribution in [0.1, 0.15) is 25.0 Å². The minimum atomic E-state index is -0.963. The average molecular weight is 188 g/mol. The van der Waals surface area contributed by atoms with Crippen LogP contribution in [0.4, 0.5) is 0 Å². The van der Waals surface area contributed by atoms with Gasteiger partial charge in [0.1, 0.15) is 5.60 Å². The highest BCUT2D eigenvalue weighted by molar-refractivity contribution is 5.32. The summed E-state index contributed by atoms with van der Waals surface area (Å²) in [5.41, 5.74) is 4.57. The van der Waals surface area contributed by atoms with Crippen LogP contribution in [0.15, 0.2) is 42.1 Å². The zero-order chi connectivity index (χ0) is 10.8. The van der Waals surface area contributed by atoms with E-state index in [1.165, 1.54) is 5.56 Å². The van der Waals surface area contributed by atoms with Gasteiger partial charge in [0.15, 0.2) is 0 Å². The van der Waals surface area contributed by atoms with Crippen LogP contribution in [0.2, 0.25) is 0 Å². The first-order chi connectivity index (χ1) is 6.48. The predicted molar refractivity (Wildman–Crippen MR) is 59.1 cm³/mol. The summed E-state index contributed by atoms with van der Waals surface area (Å²) >= 11 is 0. The van der Waals surface area contributed by atoms with Crippen molar-refractivity contribution in [2.45, 2.75) is 26.4 Å². The van der Waals surface area contributed by atoms with Crippen molar-refractivity contribution in [1.82, 2.24) is 0 Å². The van der Waals surface area contributed by atoms with Gasteiger partial charge in [-0.05, 0) is 26.3 Å². The zero-order valence-corrected chi connectivity index (χ0v) is 8.96. The monoisotopic (exact) mass is 188 g/mol. The van der Waals surface area contributed by atoms with Crippen LogP contribution in [0.25, 0.3) is 0 Å². The van der Waals surface area contributed by atoms with E-state index in [1.807, 2.05) is 38.1 Å². The molecule has 1 rings (SSSR count). The molecule has 1 aromatic carbocycles. The van der Waals surface area contributed by atoms with Crippen molar-refractivity contribution in [3.05, 3.63) is 53.3 Å². The Bertz CT molecular complexity index is 365. The summed E-state index contributed by atoms with van der Waals surface area (Å²) < 4.78 is 0. The van der Waals surface area contributed by atoms with Crippen molar-refractivity contribution in [3.8, 4) is 0 Å². The van der Waals surface area contributed by atoms with E-state index in [4.69, 9.17) is 0 Å². The fourth-order valence-electron chi connectivity index (χ4n) is 1.27. The SMILES string of the molecule is C=C=C(C)C(C)(O)c1ccc(C)cc1. The summed E-state index contributed by atoms with van der Waals surface area (Å²) in [6.45, 7) is 9.15. The second-order valence-electron chi connectivity index (χ2n) is 3.74. The van der Waals surface area contributed by atoms with E-state index in [9.17, 15) is 5.11 Å². The first-order valence-corrected chi connectivity index (χ1v) is 4.65. The maximum atomic E-state index is 10.2.